The zero-order chi connectivity index (χ0) is 17.6. The number of methoxy groups -OCH3 is 1. The van der Waals surface area contributed by atoms with Crippen LogP contribution in [0, 0.1) is 0 Å². The Balaban J connectivity index is 1.62. The van der Waals surface area contributed by atoms with E-state index in [2.05, 4.69) is 0 Å². The molecule has 0 bridgehead atoms. The molecular formula is C20H23NO4. The van der Waals surface area contributed by atoms with Crippen LogP contribution in [0.4, 0.5) is 4.79 Å². The summed E-state index contributed by atoms with van der Waals surface area (Å²) in [6.45, 7) is 0.747. The van der Waals surface area contributed by atoms with Gasteiger partial charge in [0.2, 0.25) is 0 Å². The smallest absolute Gasteiger partial charge is 0.410 e. The normalized spacial score (nSPS) is 19.7. The molecule has 1 aliphatic rings. The number of carbonyl (C=O) groups is 1. The van der Waals surface area contributed by atoms with Crippen LogP contribution in [0.1, 0.15) is 17.5 Å². The Morgan fingerprint density at radius 2 is 1.84 bits per heavy atom. The summed E-state index contributed by atoms with van der Waals surface area (Å²) in [5.41, 5.74) is 2.00. The highest BCUT2D eigenvalue weighted by molar-refractivity contribution is 5.68. The van der Waals surface area contributed by atoms with Crippen molar-refractivity contribution in [1.29, 1.82) is 0 Å². The highest BCUT2D eigenvalue weighted by atomic mass is 16.6. The predicted molar refractivity (Wildman–Crippen MR) is 94.4 cm³/mol. The van der Waals surface area contributed by atoms with E-state index in [0.717, 1.165) is 16.9 Å². The molecule has 3 rings (SSSR count). The fraction of sp³-hybridized carbons (Fsp3) is 0.350. The van der Waals surface area contributed by atoms with Gasteiger partial charge in [-0.15, -0.1) is 0 Å². The Morgan fingerprint density at radius 3 is 2.52 bits per heavy atom. The summed E-state index contributed by atoms with van der Waals surface area (Å²) >= 11 is 0. The molecular weight excluding hydrogens is 318 g/mol. The Bertz CT molecular complexity index is 687. The van der Waals surface area contributed by atoms with Crippen LogP contribution in [0.3, 0.4) is 0 Å². The molecule has 0 aromatic heterocycles. The number of benzene rings is 2. The maximum Gasteiger partial charge on any atom is 0.410 e. The van der Waals surface area contributed by atoms with E-state index in [0.29, 0.717) is 19.4 Å². The number of nitrogens with zero attached hydrogens (tertiary/aromatic N) is 1. The number of carbonyl (C=O) groups excluding carboxylic acids is 1. The Labute approximate surface area is 147 Å². The summed E-state index contributed by atoms with van der Waals surface area (Å²) < 4.78 is 10.6. The number of amides is 1. The van der Waals surface area contributed by atoms with Crippen molar-refractivity contribution in [2.24, 2.45) is 0 Å². The summed E-state index contributed by atoms with van der Waals surface area (Å²) in [5.74, 6) is 0.787. The first kappa shape index (κ1) is 17.3. The average molecular weight is 341 g/mol. The highest BCUT2D eigenvalue weighted by Crippen LogP contribution is 2.24. The average Bonchev–Trinajstić information content (AvgIpc) is 3.02. The van der Waals surface area contributed by atoms with Crippen LogP contribution in [0.25, 0.3) is 0 Å². The third-order valence-electron chi connectivity index (χ3n) is 4.55. The predicted octanol–water partition coefficient (Wildman–Crippen LogP) is 3.01. The quantitative estimate of drug-likeness (QED) is 0.908. The fourth-order valence-electron chi connectivity index (χ4n) is 3.12. The summed E-state index contributed by atoms with van der Waals surface area (Å²) in [7, 11) is 1.63. The van der Waals surface area contributed by atoms with Gasteiger partial charge in [-0.3, -0.25) is 0 Å². The van der Waals surface area contributed by atoms with Gasteiger partial charge in [-0.1, -0.05) is 42.5 Å². The van der Waals surface area contributed by atoms with Crippen LogP contribution in [0.2, 0.25) is 0 Å². The van der Waals surface area contributed by atoms with Crippen LogP contribution < -0.4 is 4.74 Å². The number of hydrogen-bond donors (Lipinski definition) is 1. The van der Waals surface area contributed by atoms with Crippen molar-refractivity contribution in [2.75, 3.05) is 13.7 Å². The van der Waals surface area contributed by atoms with Gasteiger partial charge in [0, 0.05) is 6.54 Å². The minimum absolute atomic E-state index is 0.238. The van der Waals surface area contributed by atoms with Gasteiger partial charge in [0.1, 0.15) is 12.4 Å². The second-order valence-corrected chi connectivity index (χ2v) is 6.21. The number of hydrogen-bond acceptors (Lipinski definition) is 4. The molecule has 0 spiro atoms. The van der Waals surface area contributed by atoms with E-state index in [9.17, 15) is 9.90 Å². The topological polar surface area (TPSA) is 59.0 Å². The molecule has 132 valence electrons. The van der Waals surface area contributed by atoms with Crippen molar-refractivity contribution in [1.82, 2.24) is 4.90 Å². The Morgan fingerprint density at radius 1 is 1.12 bits per heavy atom. The monoisotopic (exact) mass is 341 g/mol. The van der Waals surface area contributed by atoms with Gasteiger partial charge in [0.05, 0.1) is 19.3 Å². The molecule has 2 aromatic carbocycles. The first-order valence-corrected chi connectivity index (χ1v) is 8.45. The maximum absolute atomic E-state index is 12.4. The van der Waals surface area contributed by atoms with E-state index < -0.39 is 6.10 Å². The van der Waals surface area contributed by atoms with Crippen LogP contribution in [0.15, 0.2) is 54.6 Å². The molecule has 1 aliphatic heterocycles. The molecule has 1 heterocycles. The van der Waals surface area contributed by atoms with Gasteiger partial charge in [-0.05, 0) is 36.1 Å². The Hall–Kier alpha value is -2.53. The number of aliphatic hydroxyl groups is 1. The molecule has 0 aliphatic carbocycles. The summed E-state index contributed by atoms with van der Waals surface area (Å²) in [4.78, 5) is 14.1. The van der Waals surface area contributed by atoms with E-state index in [1.54, 1.807) is 12.0 Å². The van der Waals surface area contributed by atoms with Crippen molar-refractivity contribution in [3.63, 3.8) is 0 Å². The maximum atomic E-state index is 12.4. The number of rotatable bonds is 5. The molecule has 2 aromatic rings. The van der Waals surface area contributed by atoms with Crippen LogP contribution >= 0.6 is 0 Å². The first-order chi connectivity index (χ1) is 12.2. The van der Waals surface area contributed by atoms with Crippen LogP contribution in [-0.2, 0) is 17.8 Å². The van der Waals surface area contributed by atoms with Gasteiger partial charge in [-0.2, -0.15) is 0 Å². The highest BCUT2D eigenvalue weighted by Gasteiger charge is 2.36. The standard InChI is InChI=1S/C20H23NO4/c1-24-17-9-7-15(8-10-17)13-18-19(22)11-12-21(18)20(23)25-14-16-5-3-2-4-6-16/h2-10,18-19,22H,11-14H2,1H3/t18-,19+/m1/s1. The van der Waals surface area contributed by atoms with Crippen LogP contribution in [0.5, 0.6) is 5.75 Å². The van der Waals surface area contributed by atoms with E-state index in [4.69, 9.17) is 9.47 Å². The lowest BCUT2D eigenvalue weighted by Gasteiger charge is -2.26. The third-order valence-corrected chi connectivity index (χ3v) is 4.55. The molecule has 0 radical (unpaired) electrons. The van der Waals surface area contributed by atoms with Crippen molar-refractivity contribution in [2.45, 2.75) is 31.6 Å². The number of ether oxygens (including phenoxy) is 2. The lowest BCUT2D eigenvalue weighted by molar-refractivity contribution is 0.0717. The largest absolute Gasteiger partial charge is 0.497 e. The van der Waals surface area contributed by atoms with Crippen molar-refractivity contribution >= 4 is 6.09 Å². The molecule has 1 fully saturated rings. The molecule has 1 N–H and O–H groups in total. The molecule has 5 nitrogen and oxygen atoms in total. The van der Waals surface area contributed by atoms with Gasteiger partial charge in [0.25, 0.3) is 0 Å². The van der Waals surface area contributed by atoms with E-state index in [1.807, 2.05) is 54.6 Å². The minimum atomic E-state index is -0.536. The SMILES string of the molecule is COc1ccc(C[C@@H]2[C@@H](O)CCN2C(=O)OCc2ccccc2)cc1. The number of likely N-dealkylation sites (tertiary alicyclic amines) is 1. The molecule has 0 unspecified atom stereocenters. The van der Waals surface area contributed by atoms with Gasteiger partial charge >= 0.3 is 6.09 Å². The summed E-state index contributed by atoms with van der Waals surface area (Å²) in [6.07, 6.45) is 0.248. The van der Waals surface area contributed by atoms with Crippen LogP contribution in [-0.4, -0.2) is 41.9 Å². The molecule has 1 saturated heterocycles. The molecule has 0 saturated carbocycles. The minimum Gasteiger partial charge on any atom is -0.497 e. The zero-order valence-electron chi connectivity index (χ0n) is 14.3. The van der Waals surface area contributed by atoms with Gasteiger partial charge in [0.15, 0.2) is 0 Å². The summed E-state index contributed by atoms with van der Waals surface area (Å²) in [6, 6.07) is 17.0. The zero-order valence-corrected chi connectivity index (χ0v) is 14.3. The second kappa shape index (κ2) is 8.03. The van der Waals surface area contributed by atoms with Crippen molar-refractivity contribution < 1.29 is 19.4 Å². The van der Waals surface area contributed by atoms with E-state index in [-0.39, 0.29) is 18.7 Å². The number of aliphatic hydroxyl groups excluding tert-OH is 1. The van der Waals surface area contributed by atoms with Gasteiger partial charge < -0.3 is 19.5 Å². The first-order valence-electron chi connectivity index (χ1n) is 8.45. The lowest BCUT2D eigenvalue weighted by Crippen LogP contribution is -2.41. The second-order valence-electron chi connectivity index (χ2n) is 6.21. The Kier molecular flexibility index (Phi) is 5.56. The molecule has 25 heavy (non-hydrogen) atoms. The van der Waals surface area contributed by atoms with E-state index >= 15 is 0 Å². The lowest BCUT2D eigenvalue weighted by atomic mass is 10.0. The summed E-state index contributed by atoms with van der Waals surface area (Å²) in [5, 5.41) is 10.3. The fourth-order valence-corrected chi connectivity index (χ4v) is 3.12. The van der Waals surface area contributed by atoms with Crippen molar-refractivity contribution in [3.8, 4) is 5.75 Å². The van der Waals surface area contributed by atoms with Gasteiger partial charge in [-0.25, -0.2) is 4.79 Å². The van der Waals surface area contributed by atoms with E-state index in [1.165, 1.54) is 0 Å². The molecule has 5 heteroatoms. The van der Waals surface area contributed by atoms with Crippen molar-refractivity contribution in [3.05, 3.63) is 65.7 Å². The third kappa shape index (κ3) is 4.31. The molecule has 2 atom stereocenters. The molecule has 1 amide bonds.